The van der Waals surface area contributed by atoms with Crippen LogP contribution in [-0.4, -0.2) is 18.2 Å². The summed E-state index contributed by atoms with van der Waals surface area (Å²) in [6, 6.07) is 8.05. The molecule has 3 rings (SSSR count). The van der Waals surface area contributed by atoms with Gasteiger partial charge in [0.2, 0.25) is 0 Å². The van der Waals surface area contributed by atoms with Crippen LogP contribution in [0.5, 0.6) is 0 Å². The smallest absolute Gasteiger partial charge is 0.197 e. The van der Waals surface area contributed by atoms with Gasteiger partial charge < -0.3 is 22.1 Å². The molecule has 1 fully saturated rings. The highest BCUT2D eigenvalue weighted by atomic mass is 79.9. The highest BCUT2D eigenvalue weighted by Crippen LogP contribution is 2.35. The molecule has 0 amide bonds. The summed E-state index contributed by atoms with van der Waals surface area (Å²) in [6.45, 7) is 1.34. The second-order valence-electron chi connectivity index (χ2n) is 7.32. The number of hydrogen-bond acceptors (Lipinski definition) is 3. The zero-order valence-corrected chi connectivity index (χ0v) is 17.2. The largest absolute Gasteiger partial charge is 0.333 e. The lowest BCUT2D eigenvalue weighted by atomic mass is 9.78. The highest BCUT2D eigenvalue weighted by molar-refractivity contribution is 9.10. The van der Waals surface area contributed by atoms with E-state index in [4.69, 9.17) is 23.1 Å². The molecule has 5 nitrogen and oxygen atoms in total. The molecule has 1 unspecified atom stereocenters. The third-order valence-corrected chi connectivity index (χ3v) is 6.60. The molecule has 7 heteroatoms. The predicted molar refractivity (Wildman–Crippen MR) is 112 cm³/mol. The lowest BCUT2D eigenvalue weighted by Crippen LogP contribution is -2.62. The average Bonchev–Trinajstić information content (AvgIpc) is 2.64. The molecule has 1 atom stereocenters. The molecule has 1 aromatic carbocycles. The van der Waals surface area contributed by atoms with E-state index < -0.39 is 5.66 Å². The van der Waals surface area contributed by atoms with Gasteiger partial charge in [0.1, 0.15) is 5.66 Å². The lowest BCUT2D eigenvalue weighted by molar-refractivity contribution is 0.229. The van der Waals surface area contributed by atoms with Crippen molar-refractivity contribution in [3.63, 3.8) is 0 Å². The van der Waals surface area contributed by atoms with Crippen LogP contribution >= 0.6 is 27.5 Å². The van der Waals surface area contributed by atoms with E-state index in [1.807, 2.05) is 24.3 Å². The molecule has 1 heterocycles. The van der Waals surface area contributed by atoms with E-state index >= 15 is 0 Å². The second-order valence-corrected chi connectivity index (χ2v) is 8.58. The van der Waals surface area contributed by atoms with E-state index in [-0.39, 0.29) is 0 Å². The number of rotatable bonds is 5. The Morgan fingerprint density at radius 2 is 1.88 bits per heavy atom. The number of aliphatic imine (C=N–C) groups is 1. The molecule has 0 aromatic heterocycles. The van der Waals surface area contributed by atoms with Gasteiger partial charge in [-0.25, -0.2) is 4.99 Å². The Labute approximate surface area is 168 Å². The molecule has 0 spiro atoms. The Hall–Kier alpha value is -1.08. The zero-order chi connectivity index (χ0) is 18.6. The molecule has 142 valence electrons. The first-order valence-corrected chi connectivity index (χ1v) is 10.3. The summed E-state index contributed by atoms with van der Waals surface area (Å²) in [6.07, 6.45) is 7.23. The maximum Gasteiger partial charge on any atom is 0.197 e. The Morgan fingerprint density at radius 1 is 1.19 bits per heavy atom. The maximum atomic E-state index is 6.62. The van der Waals surface area contributed by atoms with Crippen molar-refractivity contribution in [1.82, 2.24) is 10.6 Å². The van der Waals surface area contributed by atoms with E-state index in [0.29, 0.717) is 29.4 Å². The highest BCUT2D eigenvalue weighted by Gasteiger charge is 2.36. The van der Waals surface area contributed by atoms with E-state index in [9.17, 15) is 0 Å². The third kappa shape index (κ3) is 4.80. The first-order valence-electron chi connectivity index (χ1n) is 9.18. The molecule has 0 bridgehead atoms. The van der Waals surface area contributed by atoms with Crippen LogP contribution in [0.2, 0.25) is 0 Å². The number of nitrogens with one attached hydrogen (secondary N) is 2. The van der Waals surface area contributed by atoms with Gasteiger partial charge in [0.25, 0.3) is 0 Å². The fraction of sp³-hybridized carbons (Fsp3) is 0.526. The summed E-state index contributed by atoms with van der Waals surface area (Å²) in [5, 5.41) is 7.01. The molecule has 1 aromatic rings. The zero-order valence-electron chi connectivity index (χ0n) is 14.8. The molecular formula is C19H27BrClN5. The number of guanidine groups is 1. The van der Waals surface area contributed by atoms with Crippen LogP contribution in [0, 0.1) is 11.8 Å². The summed E-state index contributed by atoms with van der Waals surface area (Å²) < 4.78 is 1.05. The Kier molecular flexibility index (Phi) is 6.61. The van der Waals surface area contributed by atoms with Crippen molar-refractivity contribution in [2.45, 2.75) is 44.3 Å². The minimum Gasteiger partial charge on any atom is -0.333 e. The van der Waals surface area contributed by atoms with Crippen LogP contribution in [0.1, 0.15) is 37.7 Å². The van der Waals surface area contributed by atoms with Gasteiger partial charge in [-0.1, -0.05) is 45.7 Å². The third-order valence-electron chi connectivity index (χ3n) is 5.38. The molecule has 1 aliphatic heterocycles. The van der Waals surface area contributed by atoms with Gasteiger partial charge in [-0.3, -0.25) is 0 Å². The quantitative estimate of drug-likeness (QED) is 0.565. The molecule has 0 radical (unpaired) electrons. The van der Waals surface area contributed by atoms with Crippen molar-refractivity contribution >= 4 is 33.5 Å². The summed E-state index contributed by atoms with van der Waals surface area (Å²) in [5.41, 5.74) is 12.8. The minimum atomic E-state index is -0.764. The topological polar surface area (TPSA) is 88.5 Å². The van der Waals surface area contributed by atoms with E-state index in [1.165, 1.54) is 12.8 Å². The summed E-state index contributed by atoms with van der Waals surface area (Å²) in [4.78, 5) is 4.63. The van der Waals surface area contributed by atoms with Crippen molar-refractivity contribution in [3.05, 3.63) is 45.5 Å². The SMILES string of the molecule is NCC1CCC(CC2(N)NC(=NCc3ccccc3Br)NC=C2Cl)CC1. The normalized spacial score (nSPS) is 30.5. The maximum absolute atomic E-state index is 6.62. The second kappa shape index (κ2) is 8.74. The average molecular weight is 441 g/mol. The van der Waals surface area contributed by atoms with Gasteiger partial charge >= 0.3 is 0 Å². The number of benzene rings is 1. The van der Waals surface area contributed by atoms with E-state index in [2.05, 4.69) is 31.6 Å². The van der Waals surface area contributed by atoms with Gasteiger partial charge in [0, 0.05) is 10.7 Å². The van der Waals surface area contributed by atoms with E-state index in [1.54, 1.807) is 6.20 Å². The van der Waals surface area contributed by atoms with Gasteiger partial charge in [0.15, 0.2) is 5.96 Å². The lowest BCUT2D eigenvalue weighted by Gasteiger charge is -2.39. The number of nitrogens with zero attached hydrogens (tertiary/aromatic N) is 1. The molecule has 6 N–H and O–H groups in total. The fourth-order valence-electron chi connectivity index (χ4n) is 3.72. The monoisotopic (exact) mass is 439 g/mol. The Morgan fingerprint density at radius 3 is 2.58 bits per heavy atom. The van der Waals surface area contributed by atoms with Crippen LogP contribution in [0.15, 0.2) is 45.0 Å². The van der Waals surface area contributed by atoms with Crippen molar-refractivity contribution in [2.24, 2.45) is 28.3 Å². The summed E-state index contributed by atoms with van der Waals surface area (Å²) in [5.74, 6) is 1.87. The molecule has 1 saturated carbocycles. The fourth-order valence-corrected chi connectivity index (χ4v) is 4.31. The van der Waals surface area contributed by atoms with Crippen LogP contribution < -0.4 is 22.1 Å². The van der Waals surface area contributed by atoms with Crippen molar-refractivity contribution in [1.29, 1.82) is 0 Å². The summed E-state index contributed by atoms with van der Waals surface area (Å²) in [7, 11) is 0. The van der Waals surface area contributed by atoms with E-state index in [0.717, 1.165) is 35.8 Å². The number of nitrogens with two attached hydrogens (primary N) is 2. The van der Waals surface area contributed by atoms with Gasteiger partial charge in [0.05, 0.1) is 11.6 Å². The molecule has 1 aliphatic carbocycles. The molecule has 0 saturated heterocycles. The van der Waals surface area contributed by atoms with Gasteiger partial charge in [-0.05, 0) is 62.1 Å². The van der Waals surface area contributed by atoms with Crippen LogP contribution in [0.4, 0.5) is 0 Å². The van der Waals surface area contributed by atoms with Crippen molar-refractivity contribution in [2.75, 3.05) is 6.54 Å². The van der Waals surface area contributed by atoms with Crippen LogP contribution in [0.25, 0.3) is 0 Å². The van der Waals surface area contributed by atoms with Crippen LogP contribution in [-0.2, 0) is 6.54 Å². The minimum absolute atomic E-state index is 0.555. The molecular weight excluding hydrogens is 414 g/mol. The standard InChI is InChI=1S/C19H27BrClN5/c20-16-4-2-1-3-15(16)11-24-18-25-12-17(21)19(23,26-18)9-13-5-7-14(10-22)8-6-13/h1-4,12-14H,5-11,22-23H2,(H2,24,25,26). The Bertz CT molecular complexity index is 684. The van der Waals surface area contributed by atoms with Crippen molar-refractivity contribution in [3.8, 4) is 0 Å². The number of halogens is 2. The first-order chi connectivity index (χ1) is 12.5. The number of hydrogen-bond donors (Lipinski definition) is 4. The molecule has 2 aliphatic rings. The Balaban J connectivity index is 1.64. The first kappa shape index (κ1) is 19.7. The molecule has 26 heavy (non-hydrogen) atoms. The van der Waals surface area contributed by atoms with Gasteiger partial charge in [-0.15, -0.1) is 0 Å². The van der Waals surface area contributed by atoms with Gasteiger partial charge in [-0.2, -0.15) is 0 Å². The van der Waals surface area contributed by atoms with Crippen molar-refractivity contribution < 1.29 is 0 Å². The predicted octanol–water partition coefficient (Wildman–Crippen LogP) is 3.39. The summed E-state index contributed by atoms with van der Waals surface area (Å²) >= 11 is 9.99. The van der Waals surface area contributed by atoms with Crippen LogP contribution in [0.3, 0.4) is 0 Å².